The molecule has 5 rings (SSSR count). The van der Waals surface area contributed by atoms with Crippen molar-refractivity contribution in [1.82, 2.24) is 10.3 Å². The van der Waals surface area contributed by atoms with Gasteiger partial charge in [-0.3, -0.25) is 4.72 Å². The molecule has 198 valence electrons. The van der Waals surface area contributed by atoms with Crippen molar-refractivity contribution in [2.75, 3.05) is 17.8 Å². The number of anilines is 1. The van der Waals surface area contributed by atoms with E-state index >= 15 is 0 Å². The van der Waals surface area contributed by atoms with Crippen LogP contribution in [0.1, 0.15) is 67.2 Å². The van der Waals surface area contributed by atoms with Crippen LogP contribution in [0.5, 0.6) is 5.75 Å². The van der Waals surface area contributed by atoms with Gasteiger partial charge in [0.15, 0.2) is 5.13 Å². The summed E-state index contributed by atoms with van der Waals surface area (Å²) in [6.45, 7) is 5.32. The summed E-state index contributed by atoms with van der Waals surface area (Å²) in [5, 5.41) is 5.21. The van der Waals surface area contributed by atoms with Crippen LogP contribution in [0.4, 0.5) is 18.3 Å². The van der Waals surface area contributed by atoms with E-state index in [1.165, 1.54) is 35.7 Å². The van der Waals surface area contributed by atoms with Gasteiger partial charge in [0.2, 0.25) is 0 Å². The standard InChI is InChI=1S/C26H28F3N3O3S2/c1-25(2)15-22(19-5-3-17(26(27,28)29)13-21(19)16-7-9-30-10-8-16)20-6-4-18(14-23(20)35-25)37(33,34)32-24-31-11-12-36-24/h3-6,11-14,16,22,30H,7-10,15H2,1-2H3,(H,31,32)/t22-/m0/s1. The monoisotopic (exact) mass is 551 g/mol. The van der Waals surface area contributed by atoms with Gasteiger partial charge in [-0.1, -0.05) is 12.1 Å². The van der Waals surface area contributed by atoms with Crippen molar-refractivity contribution in [2.45, 2.75) is 61.6 Å². The van der Waals surface area contributed by atoms with E-state index in [1.54, 1.807) is 17.5 Å². The van der Waals surface area contributed by atoms with Crippen LogP contribution in [0.2, 0.25) is 0 Å². The van der Waals surface area contributed by atoms with E-state index in [1.807, 2.05) is 13.8 Å². The maximum Gasteiger partial charge on any atom is 0.416 e. The maximum atomic E-state index is 13.7. The predicted molar refractivity (Wildman–Crippen MR) is 137 cm³/mol. The van der Waals surface area contributed by atoms with Gasteiger partial charge in [-0.25, -0.2) is 13.4 Å². The molecule has 3 heterocycles. The van der Waals surface area contributed by atoms with Crippen LogP contribution in [0.25, 0.3) is 0 Å². The molecule has 2 aliphatic heterocycles. The fourth-order valence-electron chi connectivity index (χ4n) is 5.28. The number of benzene rings is 2. The Balaban J connectivity index is 1.58. The molecule has 1 atom stereocenters. The quantitative estimate of drug-likeness (QED) is 0.399. The van der Waals surface area contributed by atoms with Crippen molar-refractivity contribution >= 4 is 26.5 Å². The van der Waals surface area contributed by atoms with Crippen molar-refractivity contribution in [3.05, 3.63) is 70.2 Å². The molecule has 2 N–H and O–H groups in total. The van der Waals surface area contributed by atoms with Crippen LogP contribution in [0, 0.1) is 0 Å². The highest BCUT2D eigenvalue weighted by molar-refractivity contribution is 7.93. The summed E-state index contributed by atoms with van der Waals surface area (Å²) in [4.78, 5) is 4.01. The van der Waals surface area contributed by atoms with Gasteiger partial charge < -0.3 is 10.1 Å². The first-order valence-corrected chi connectivity index (χ1v) is 14.5. The smallest absolute Gasteiger partial charge is 0.416 e. The largest absolute Gasteiger partial charge is 0.487 e. The number of hydrogen-bond donors (Lipinski definition) is 2. The van der Waals surface area contributed by atoms with Crippen molar-refractivity contribution < 1.29 is 26.3 Å². The molecule has 3 aromatic rings. The Morgan fingerprint density at radius 2 is 1.81 bits per heavy atom. The lowest BCUT2D eigenvalue weighted by atomic mass is 9.75. The molecule has 11 heteroatoms. The zero-order chi connectivity index (χ0) is 26.4. The second kappa shape index (κ2) is 9.59. The Labute approximate surface area is 218 Å². The average Bonchev–Trinajstić information content (AvgIpc) is 3.34. The number of halogens is 3. The van der Waals surface area contributed by atoms with Crippen LogP contribution in [-0.2, 0) is 16.2 Å². The van der Waals surface area contributed by atoms with Gasteiger partial charge in [0.05, 0.1) is 10.5 Å². The number of sulfonamides is 1. The first-order valence-electron chi connectivity index (χ1n) is 12.1. The van der Waals surface area contributed by atoms with Crippen molar-refractivity contribution in [2.24, 2.45) is 0 Å². The number of ether oxygens (including phenoxy) is 1. The zero-order valence-electron chi connectivity index (χ0n) is 20.4. The number of alkyl halides is 3. The lowest BCUT2D eigenvalue weighted by Gasteiger charge is -2.39. The third kappa shape index (κ3) is 5.49. The van der Waals surface area contributed by atoms with Crippen LogP contribution in [-0.4, -0.2) is 32.1 Å². The third-order valence-corrected chi connectivity index (χ3v) is 9.13. The summed E-state index contributed by atoms with van der Waals surface area (Å²) in [5.41, 5.74) is 1.02. The second-order valence-electron chi connectivity index (χ2n) is 10.1. The minimum Gasteiger partial charge on any atom is -0.487 e. The molecule has 0 unspecified atom stereocenters. The van der Waals surface area contributed by atoms with Crippen LogP contribution >= 0.6 is 11.3 Å². The van der Waals surface area contributed by atoms with E-state index in [9.17, 15) is 21.6 Å². The summed E-state index contributed by atoms with van der Waals surface area (Å²) in [6.07, 6.45) is -0.857. The van der Waals surface area contributed by atoms with E-state index in [0.717, 1.165) is 43.1 Å². The number of piperidine rings is 1. The van der Waals surface area contributed by atoms with E-state index in [-0.39, 0.29) is 21.9 Å². The number of hydrogen-bond acceptors (Lipinski definition) is 6. The molecule has 2 aliphatic rings. The lowest BCUT2D eigenvalue weighted by Crippen LogP contribution is -2.36. The average molecular weight is 552 g/mol. The molecule has 0 bridgehead atoms. The van der Waals surface area contributed by atoms with Crippen molar-refractivity contribution in [1.29, 1.82) is 0 Å². The number of nitrogens with zero attached hydrogens (tertiary/aromatic N) is 1. The minimum absolute atomic E-state index is 0.00936. The molecule has 0 spiro atoms. The molecule has 2 aromatic carbocycles. The molecule has 0 aliphatic carbocycles. The van der Waals surface area contributed by atoms with Crippen molar-refractivity contribution in [3.63, 3.8) is 0 Å². The van der Waals surface area contributed by atoms with Gasteiger partial charge in [0.25, 0.3) is 10.0 Å². The van der Waals surface area contributed by atoms with E-state index < -0.39 is 27.4 Å². The first-order chi connectivity index (χ1) is 17.4. The second-order valence-corrected chi connectivity index (χ2v) is 12.7. The first kappa shape index (κ1) is 26.0. The summed E-state index contributed by atoms with van der Waals surface area (Å²) in [6, 6.07) is 8.79. The Morgan fingerprint density at radius 3 is 2.49 bits per heavy atom. The lowest BCUT2D eigenvalue weighted by molar-refractivity contribution is -0.137. The molecular weight excluding hydrogens is 523 g/mol. The van der Waals surface area contributed by atoms with Gasteiger partial charge in [0.1, 0.15) is 11.4 Å². The summed E-state index contributed by atoms with van der Waals surface area (Å²) < 4.78 is 75.6. The molecule has 37 heavy (non-hydrogen) atoms. The fourth-order valence-corrected chi connectivity index (χ4v) is 7.08. The highest BCUT2D eigenvalue weighted by atomic mass is 32.2. The molecule has 0 saturated carbocycles. The number of rotatable bonds is 5. The van der Waals surface area contributed by atoms with E-state index in [4.69, 9.17) is 4.74 Å². The molecule has 0 amide bonds. The Hall–Kier alpha value is -2.63. The molecular formula is C26H28F3N3O3S2. The van der Waals surface area contributed by atoms with Gasteiger partial charge in [-0.15, -0.1) is 11.3 Å². The van der Waals surface area contributed by atoms with Crippen LogP contribution < -0.4 is 14.8 Å². The zero-order valence-corrected chi connectivity index (χ0v) is 22.1. The number of aromatic nitrogens is 1. The van der Waals surface area contributed by atoms with Crippen LogP contribution in [0.15, 0.2) is 52.9 Å². The van der Waals surface area contributed by atoms with Crippen LogP contribution in [0.3, 0.4) is 0 Å². The normalized spacial score (nSPS) is 20.2. The maximum absolute atomic E-state index is 13.7. The van der Waals surface area contributed by atoms with Gasteiger partial charge >= 0.3 is 6.18 Å². The molecule has 6 nitrogen and oxygen atoms in total. The summed E-state index contributed by atoms with van der Waals surface area (Å²) in [5.74, 6) is 0.184. The highest BCUT2D eigenvalue weighted by Crippen LogP contribution is 2.48. The predicted octanol–water partition coefficient (Wildman–Crippen LogP) is 6.12. The Morgan fingerprint density at radius 1 is 1.08 bits per heavy atom. The summed E-state index contributed by atoms with van der Waals surface area (Å²) in [7, 11) is -3.90. The number of nitrogens with one attached hydrogen (secondary N) is 2. The van der Waals surface area contributed by atoms with Gasteiger partial charge in [-0.2, -0.15) is 13.2 Å². The van der Waals surface area contributed by atoms with E-state index in [0.29, 0.717) is 17.7 Å². The Bertz CT molecular complexity index is 1380. The SMILES string of the molecule is CC1(C)C[C@@H](c2ccc(C(F)(F)F)cc2C2CCNCC2)c2ccc(S(=O)(=O)Nc3nccs3)cc2O1. The fraction of sp³-hybridized carbons (Fsp3) is 0.423. The third-order valence-electron chi connectivity index (χ3n) is 6.98. The number of thiazole rings is 1. The summed E-state index contributed by atoms with van der Waals surface area (Å²) >= 11 is 1.17. The minimum atomic E-state index is -4.43. The topological polar surface area (TPSA) is 80.3 Å². The number of fused-ring (bicyclic) bond motifs is 1. The molecule has 1 fully saturated rings. The van der Waals surface area contributed by atoms with Crippen molar-refractivity contribution in [3.8, 4) is 5.75 Å². The molecule has 1 saturated heterocycles. The molecule has 0 radical (unpaired) electrons. The van der Waals surface area contributed by atoms with Gasteiger partial charge in [0, 0.05) is 29.1 Å². The highest BCUT2D eigenvalue weighted by Gasteiger charge is 2.39. The van der Waals surface area contributed by atoms with E-state index in [2.05, 4.69) is 15.0 Å². The Kier molecular flexibility index (Phi) is 6.74. The molecule has 1 aromatic heterocycles. The van der Waals surface area contributed by atoms with Gasteiger partial charge in [-0.05, 0) is 81.4 Å².